The van der Waals surface area contributed by atoms with E-state index < -0.39 is 6.10 Å². The van der Waals surface area contributed by atoms with Crippen LogP contribution in [0.4, 0.5) is 0 Å². The molecule has 106 valence electrons. The Morgan fingerprint density at radius 2 is 1.70 bits per heavy atom. The van der Waals surface area contributed by atoms with E-state index in [0.29, 0.717) is 10.0 Å². The minimum Gasteiger partial charge on any atom is -0.384 e. The van der Waals surface area contributed by atoms with Gasteiger partial charge in [0.15, 0.2) is 0 Å². The molecule has 0 aromatic heterocycles. The lowest BCUT2D eigenvalue weighted by molar-refractivity contribution is 0.219. The first-order valence-corrected chi connectivity index (χ1v) is 7.57. The first-order chi connectivity index (χ1) is 9.56. The molecule has 20 heavy (non-hydrogen) atoms. The third-order valence-corrected chi connectivity index (χ3v) is 4.29. The topological polar surface area (TPSA) is 20.2 Å². The maximum atomic E-state index is 10.6. The predicted molar refractivity (Wildman–Crippen MR) is 85.7 cm³/mol. The molecule has 0 spiro atoms. The Hall–Kier alpha value is -1.02. The standard InChI is InChI=1S/C17H18Cl2O/c1-3-11-5-6-12(4-2)14(9-11)17(20)13-7-8-15(18)16(19)10-13/h5-10,17,20H,3-4H2,1-2H3. The molecule has 0 bridgehead atoms. The van der Waals surface area contributed by atoms with Crippen LogP contribution in [-0.4, -0.2) is 5.11 Å². The van der Waals surface area contributed by atoms with Crippen molar-refractivity contribution in [1.29, 1.82) is 0 Å². The summed E-state index contributed by atoms with van der Waals surface area (Å²) in [5, 5.41) is 11.6. The zero-order valence-electron chi connectivity index (χ0n) is 11.7. The maximum absolute atomic E-state index is 10.6. The summed E-state index contributed by atoms with van der Waals surface area (Å²) in [4.78, 5) is 0. The quantitative estimate of drug-likeness (QED) is 0.823. The van der Waals surface area contributed by atoms with Gasteiger partial charge in [-0.25, -0.2) is 0 Å². The molecule has 1 N–H and O–H groups in total. The van der Waals surface area contributed by atoms with Crippen molar-refractivity contribution in [2.24, 2.45) is 0 Å². The minimum absolute atomic E-state index is 0.466. The number of halogens is 2. The summed E-state index contributed by atoms with van der Waals surface area (Å²) >= 11 is 12.0. The lowest BCUT2D eigenvalue weighted by Gasteiger charge is -2.17. The van der Waals surface area contributed by atoms with Gasteiger partial charge in [-0.1, -0.05) is 61.3 Å². The number of aliphatic hydroxyl groups is 1. The molecule has 0 fully saturated rings. The van der Waals surface area contributed by atoms with Gasteiger partial charge in [0.25, 0.3) is 0 Å². The fourth-order valence-corrected chi connectivity index (χ4v) is 2.61. The molecule has 0 aliphatic carbocycles. The third kappa shape index (κ3) is 3.17. The van der Waals surface area contributed by atoms with Crippen LogP contribution in [0.3, 0.4) is 0 Å². The number of hydrogen-bond acceptors (Lipinski definition) is 1. The van der Waals surface area contributed by atoms with Gasteiger partial charge in [0.2, 0.25) is 0 Å². The molecule has 2 rings (SSSR count). The molecule has 2 aromatic rings. The van der Waals surface area contributed by atoms with Crippen molar-refractivity contribution in [2.45, 2.75) is 32.8 Å². The van der Waals surface area contributed by atoms with Crippen LogP contribution in [0.1, 0.15) is 42.2 Å². The zero-order valence-corrected chi connectivity index (χ0v) is 13.2. The van der Waals surface area contributed by atoms with E-state index in [1.54, 1.807) is 12.1 Å². The second-order valence-electron chi connectivity index (χ2n) is 4.82. The summed E-state index contributed by atoms with van der Waals surface area (Å²) in [5.74, 6) is 0. The summed E-state index contributed by atoms with van der Waals surface area (Å²) < 4.78 is 0. The Balaban J connectivity index is 2.45. The van der Waals surface area contributed by atoms with Gasteiger partial charge in [-0.2, -0.15) is 0 Å². The van der Waals surface area contributed by atoms with Crippen molar-refractivity contribution < 1.29 is 5.11 Å². The van der Waals surface area contributed by atoms with Crippen LogP contribution in [-0.2, 0) is 12.8 Å². The molecule has 1 nitrogen and oxygen atoms in total. The first-order valence-electron chi connectivity index (χ1n) is 6.81. The van der Waals surface area contributed by atoms with E-state index in [1.165, 1.54) is 5.56 Å². The van der Waals surface area contributed by atoms with Gasteiger partial charge in [-0.3, -0.25) is 0 Å². The molecule has 0 amide bonds. The van der Waals surface area contributed by atoms with Crippen molar-refractivity contribution in [2.75, 3.05) is 0 Å². The van der Waals surface area contributed by atoms with E-state index >= 15 is 0 Å². The van der Waals surface area contributed by atoms with E-state index in [0.717, 1.165) is 29.5 Å². The highest BCUT2D eigenvalue weighted by atomic mass is 35.5. The van der Waals surface area contributed by atoms with Gasteiger partial charge < -0.3 is 5.11 Å². The molecular weight excluding hydrogens is 291 g/mol. The van der Waals surface area contributed by atoms with Crippen molar-refractivity contribution in [3.05, 3.63) is 68.7 Å². The van der Waals surface area contributed by atoms with Crippen LogP contribution >= 0.6 is 23.2 Å². The van der Waals surface area contributed by atoms with Gasteiger partial charge >= 0.3 is 0 Å². The first kappa shape index (κ1) is 15.4. The molecule has 1 atom stereocenters. The van der Waals surface area contributed by atoms with E-state index in [-0.39, 0.29) is 0 Å². The van der Waals surface area contributed by atoms with Crippen LogP contribution in [0, 0.1) is 0 Å². The van der Waals surface area contributed by atoms with E-state index in [9.17, 15) is 5.11 Å². The Kier molecular flexibility index (Phi) is 5.09. The van der Waals surface area contributed by atoms with Gasteiger partial charge in [0.05, 0.1) is 10.0 Å². The Bertz CT molecular complexity index is 608. The molecule has 0 saturated carbocycles. The average Bonchev–Trinajstić information content (AvgIpc) is 2.48. The van der Waals surface area contributed by atoms with Gasteiger partial charge in [-0.15, -0.1) is 0 Å². The number of hydrogen-bond donors (Lipinski definition) is 1. The highest BCUT2D eigenvalue weighted by Gasteiger charge is 2.15. The molecule has 0 aliphatic heterocycles. The highest BCUT2D eigenvalue weighted by Crippen LogP contribution is 2.31. The lowest BCUT2D eigenvalue weighted by atomic mass is 9.93. The molecule has 0 aliphatic rings. The summed E-state index contributed by atoms with van der Waals surface area (Å²) in [7, 11) is 0. The maximum Gasteiger partial charge on any atom is 0.104 e. The minimum atomic E-state index is -0.675. The normalized spacial score (nSPS) is 12.4. The number of aryl methyl sites for hydroxylation is 2. The van der Waals surface area contributed by atoms with Crippen molar-refractivity contribution in [1.82, 2.24) is 0 Å². The molecular formula is C17H18Cl2O. The van der Waals surface area contributed by atoms with Crippen LogP contribution in [0.5, 0.6) is 0 Å². The molecule has 0 radical (unpaired) electrons. The van der Waals surface area contributed by atoms with Crippen molar-refractivity contribution in [3.63, 3.8) is 0 Å². The summed E-state index contributed by atoms with van der Waals surface area (Å²) in [6, 6.07) is 11.5. The van der Waals surface area contributed by atoms with E-state index in [2.05, 4.69) is 32.0 Å². The Morgan fingerprint density at radius 1 is 0.950 bits per heavy atom. The molecule has 0 heterocycles. The molecule has 0 saturated heterocycles. The fraction of sp³-hybridized carbons (Fsp3) is 0.294. The average molecular weight is 309 g/mol. The second kappa shape index (κ2) is 6.62. The van der Waals surface area contributed by atoms with Crippen LogP contribution < -0.4 is 0 Å². The van der Waals surface area contributed by atoms with Crippen LogP contribution in [0.15, 0.2) is 36.4 Å². The monoisotopic (exact) mass is 308 g/mol. The second-order valence-corrected chi connectivity index (χ2v) is 5.63. The predicted octanol–water partition coefficient (Wildman–Crippen LogP) is 5.20. The van der Waals surface area contributed by atoms with Crippen LogP contribution in [0.25, 0.3) is 0 Å². The Labute approximate surface area is 130 Å². The number of benzene rings is 2. The summed E-state index contributed by atoms with van der Waals surface area (Å²) in [5.41, 5.74) is 4.09. The third-order valence-electron chi connectivity index (χ3n) is 3.55. The van der Waals surface area contributed by atoms with Crippen molar-refractivity contribution in [3.8, 4) is 0 Å². The smallest absolute Gasteiger partial charge is 0.104 e. The molecule has 2 aromatic carbocycles. The number of aliphatic hydroxyl groups excluding tert-OH is 1. The van der Waals surface area contributed by atoms with E-state index in [1.807, 2.05) is 6.07 Å². The zero-order chi connectivity index (χ0) is 14.7. The molecule has 3 heteroatoms. The molecule has 1 unspecified atom stereocenters. The largest absolute Gasteiger partial charge is 0.384 e. The van der Waals surface area contributed by atoms with Gasteiger partial charge in [-0.05, 0) is 47.2 Å². The lowest BCUT2D eigenvalue weighted by Crippen LogP contribution is -2.04. The van der Waals surface area contributed by atoms with E-state index in [4.69, 9.17) is 23.2 Å². The number of rotatable bonds is 4. The summed E-state index contributed by atoms with van der Waals surface area (Å²) in [6.45, 7) is 4.20. The highest BCUT2D eigenvalue weighted by molar-refractivity contribution is 6.42. The van der Waals surface area contributed by atoms with Crippen molar-refractivity contribution >= 4 is 23.2 Å². The van der Waals surface area contributed by atoms with Gasteiger partial charge in [0, 0.05) is 0 Å². The van der Waals surface area contributed by atoms with Gasteiger partial charge in [0.1, 0.15) is 6.10 Å². The Morgan fingerprint density at radius 3 is 2.30 bits per heavy atom. The summed E-state index contributed by atoms with van der Waals surface area (Å²) in [6.07, 6.45) is 1.16. The fourth-order valence-electron chi connectivity index (χ4n) is 2.30. The van der Waals surface area contributed by atoms with Crippen LogP contribution in [0.2, 0.25) is 10.0 Å². The SMILES string of the molecule is CCc1ccc(CC)c(C(O)c2ccc(Cl)c(Cl)c2)c1.